The van der Waals surface area contributed by atoms with Gasteiger partial charge in [-0.05, 0) is 85.3 Å². The van der Waals surface area contributed by atoms with Crippen LogP contribution in [0, 0.1) is 0 Å². The summed E-state index contributed by atoms with van der Waals surface area (Å²) in [6, 6.07) is 18.0. The maximum absolute atomic E-state index is 12.1. The van der Waals surface area contributed by atoms with E-state index in [1.165, 1.54) is 12.0 Å². The number of benzene rings is 3. The van der Waals surface area contributed by atoms with Crippen molar-refractivity contribution in [3.05, 3.63) is 92.5 Å². The lowest BCUT2D eigenvalue weighted by Crippen LogP contribution is -2.52. The third kappa shape index (κ3) is 5.94. The first-order valence-electron chi connectivity index (χ1n) is 14.5. The zero-order valence-corrected chi connectivity index (χ0v) is 25.0. The summed E-state index contributed by atoms with van der Waals surface area (Å²) >= 11 is 12.3. The monoisotopic (exact) mass is 594 g/mol. The molecule has 1 fully saturated rings. The van der Waals surface area contributed by atoms with E-state index < -0.39 is 12.0 Å². The predicted molar refractivity (Wildman–Crippen MR) is 161 cm³/mol. The number of hydrogen-bond donors (Lipinski definition) is 1. The lowest BCUT2D eigenvalue weighted by molar-refractivity contribution is -0.146. The van der Waals surface area contributed by atoms with Crippen LogP contribution in [0.1, 0.15) is 72.6 Å². The molecule has 2 aliphatic heterocycles. The highest BCUT2D eigenvalue weighted by molar-refractivity contribution is 6.42. The minimum absolute atomic E-state index is 0.130. The Kier molecular flexibility index (Phi) is 8.19. The fraction of sp³-hybridized carbons (Fsp3) is 0.424. The first-order chi connectivity index (χ1) is 19.8. The van der Waals surface area contributed by atoms with Crippen LogP contribution in [-0.4, -0.2) is 46.6 Å². The van der Waals surface area contributed by atoms with Gasteiger partial charge in [-0.1, -0.05) is 60.8 Å². The molecule has 6 nitrogen and oxygen atoms in total. The average Bonchev–Trinajstić information content (AvgIpc) is 3.08. The van der Waals surface area contributed by atoms with Crippen molar-refractivity contribution in [1.29, 1.82) is 0 Å². The van der Waals surface area contributed by atoms with E-state index in [2.05, 4.69) is 48.0 Å². The third-order valence-electron chi connectivity index (χ3n) is 8.78. The number of aliphatic carboxylic acids is 1. The van der Waals surface area contributed by atoms with E-state index >= 15 is 0 Å². The number of hydrogen-bond acceptors (Lipinski definition) is 5. The molecule has 3 aromatic carbocycles. The van der Waals surface area contributed by atoms with Crippen molar-refractivity contribution in [3.8, 4) is 11.5 Å². The molecule has 0 bridgehead atoms. The number of fused-ring (bicyclic) bond motifs is 2. The van der Waals surface area contributed by atoms with Crippen LogP contribution in [0.3, 0.4) is 0 Å². The molecule has 0 spiro atoms. The molecule has 0 saturated heterocycles. The summed E-state index contributed by atoms with van der Waals surface area (Å²) in [6.45, 7) is 4.25. The Morgan fingerprint density at radius 2 is 1.80 bits per heavy atom. The Morgan fingerprint density at radius 3 is 2.46 bits per heavy atom. The highest BCUT2D eigenvalue weighted by Crippen LogP contribution is 2.39. The lowest BCUT2D eigenvalue weighted by Gasteiger charge is -2.44. The van der Waals surface area contributed by atoms with Gasteiger partial charge in [0.25, 0.3) is 0 Å². The number of nitrogens with zero attached hydrogens (tertiary/aromatic N) is 2. The quantitative estimate of drug-likeness (QED) is 0.306. The number of carbonyl (C=O) groups is 1. The zero-order valence-electron chi connectivity index (χ0n) is 23.5. The first kappa shape index (κ1) is 28.4. The summed E-state index contributed by atoms with van der Waals surface area (Å²) < 4.78 is 13.0. The molecule has 1 saturated carbocycles. The van der Waals surface area contributed by atoms with Gasteiger partial charge in [0.2, 0.25) is 0 Å². The van der Waals surface area contributed by atoms with E-state index in [0.717, 1.165) is 66.1 Å². The minimum atomic E-state index is -0.722. The van der Waals surface area contributed by atoms with Crippen LogP contribution in [0.2, 0.25) is 10.0 Å². The molecule has 6 rings (SSSR count). The molecule has 0 radical (unpaired) electrons. The molecule has 41 heavy (non-hydrogen) atoms. The van der Waals surface area contributed by atoms with E-state index in [4.69, 9.17) is 32.7 Å². The largest absolute Gasteiger partial charge is 0.486 e. The SMILES string of the molecule is CC[C@@H](Oc1ccc([C@H]2CN(C)Cc3cc4c(cc3O2)CN(C2CCC2)[C@H](C(=O)O)C4)cc1)c1ccc(Cl)c(Cl)c1. The van der Waals surface area contributed by atoms with Crippen molar-refractivity contribution < 1.29 is 19.4 Å². The molecule has 3 aromatic rings. The number of carboxylic acids is 1. The summed E-state index contributed by atoms with van der Waals surface area (Å²) in [7, 11) is 2.10. The standard InChI is InChI=1S/C33H36Cl2N2O4/c1-3-30(21-9-12-27(34)28(35)14-21)40-26-10-7-20(8-11-26)32-19-36(2)17-24-13-22-15-29(33(38)39)37(25-5-4-6-25)18-23(22)16-31(24)41-32/h7-14,16,25,29-30,32H,3-6,15,17-19H2,1-2H3,(H,38,39)/t29-,30+,32+/m0/s1. The second-order valence-corrected chi connectivity index (χ2v) is 12.4. The van der Waals surface area contributed by atoms with Crippen molar-refractivity contribution in [2.24, 2.45) is 0 Å². The fourth-order valence-electron chi connectivity index (χ4n) is 6.28. The summed E-state index contributed by atoms with van der Waals surface area (Å²) in [4.78, 5) is 16.6. The minimum Gasteiger partial charge on any atom is -0.486 e. The summed E-state index contributed by atoms with van der Waals surface area (Å²) in [5.74, 6) is 0.958. The van der Waals surface area contributed by atoms with Crippen molar-refractivity contribution in [1.82, 2.24) is 9.80 Å². The Balaban J connectivity index is 1.21. The van der Waals surface area contributed by atoms with Gasteiger partial charge in [-0.2, -0.15) is 0 Å². The Morgan fingerprint density at radius 1 is 1.02 bits per heavy atom. The predicted octanol–water partition coefficient (Wildman–Crippen LogP) is 7.45. The van der Waals surface area contributed by atoms with Gasteiger partial charge in [-0.15, -0.1) is 0 Å². The van der Waals surface area contributed by atoms with Crippen molar-refractivity contribution in [3.63, 3.8) is 0 Å². The van der Waals surface area contributed by atoms with Crippen LogP contribution in [0.4, 0.5) is 0 Å². The second-order valence-electron chi connectivity index (χ2n) is 11.6. The van der Waals surface area contributed by atoms with Crippen LogP contribution in [0.5, 0.6) is 11.5 Å². The van der Waals surface area contributed by atoms with E-state index in [-0.39, 0.29) is 12.2 Å². The molecule has 3 atom stereocenters. The van der Waals surface area contributed by atoms with Crippen molar-refractivity contribution in [2.75, 3.05) is 13.6 Å². The second kappa shape index (κ2) is 11.8. The first-order valence-corrected chi connectivity index (χ1v) is 15.2. The molecule has 2 heterocycles. The van der Waals surface area contributed by atoms with E-state index in [9.17, 15) is 9.90 Å². The van der Waals surface area contributed by atoms with Gasteiger partial charge in [0, 0.05) is 31.2 Å². The Labute approximate surface area is 251 Å². The van der Waals surface area contributed by atoms with Crippen molar-refractivity contribution in [2.45, 2.75) is 76.4 Å². The smallest absolute Gasteiger partial charge is 0.321 e. The van der Waals surface area contributed by atoms with Crippen LogP contribution in [0.25, 0.3) is 0 Å². The van der Waals surface area contributed by atoms with Gasteiger partial charge in [-0.3, -0.25) is 14.6 Å². The van der Waals surface area contributed by atoms with Gasteiger partial charge in [0.1, 0.15) is 29.7 Å². The molecule has 0 aromatic heterocycles. The van der Waals surface area contributed by atoms with Crippen LogP contribution >= 0.6 is 23.2 Å². The maximum Gasteiger partial charge on any atom is 0.321 e. The molecule has 216 valence electrons. The van der Waals surface area contributed by atoms with Gasteiger partial charge >= 0.3 is 5.97 Å². The average molecular weight is 596 g/mol. The number of rotatable bonds is 7. The molecule has 0 amide bonds. The molecule has 0 unspecified atom stereocenters. The van der Waals surface area contributed by atoms with Crippen LogP contribution in [-0.2, 0) is 24.3 Å². The van der Waals surface area contributed by atoms with Crippen LogP contribution in [0.15, 0.2) is 54.6 Å². The topological polar surface area (TPSA) is 62.2 Å². The van der Waals surface area contributed by atoms with Crippen molar-refractivity contribution >= 4 is 29.2 Å². The summed E-state index contributed by atoms with van der Waals surface area (Å²) in [5.41, 5.74) is 5.51. The van der Waals surface area contributed by atoms with Crippen LogP contribution < -0.4 is 9.47 Å². The lowest BCUT2D eigenvalue weighted by atomic mass is 9.85. The van der Waals surface area contributed by atoms with Gasteiger partial charge < -0.3 is 14.6 Å². The molecule has 1 N–H and O–H groups in total. The molecule has 1 aliphatic carbocycles. The molecule has 8 heteroatoms. The van der Waals surface area contributed by atoms with E-state index in [0.29, 0.717) is 29.1 Å². The highest BCUT2D eigenvalue weighted by Gasteiger charge is 2.38. The van der Waals surface area contributed by atoms with Gasteiger partial charge in [0.15, 0.2) is 0 Å². The molecular formula is C33H36Cl2N2O4. The number of ether oxygens (including phenoxy) is 2. The fourth-order valence-corrected chi connectivity index (χ4v) is 6.59. The van der Waals surface area contributed by atoms with Gasteiger partial charge in [0.05, 0.1) is 10.0 Å². The molecule has 3 aliphatic rings. The van der Waals surface area contributed by atoms with E-state index in [1.54, 1.807) is 6.07 Å². The Hall–Kier alpha value is -2.77. The van der Waals surface area contributed by atoms with Gasteiger partial charge in [-0.25, -0.2) is 0 Å². The summed E-state index contributed by atoms with van der Waals surface area (Å²) in [6.07, 6.45) is 4.42. The number of likely N-dealkylation sites (N-methyl/N-ethyl adjacent to an activating group) is 1. The maximum atomic E-state index is 12.1. The normalized spacial score (nSPS) is 22.0. The zero-order chi connectivity index (χ0) is 28.7. The van der Waals surface area contributed by atoms with E-state index in [1.807, 2.05) is 24.3 Å². The third-order valence-corrected chi connectivity index (χ3v) is 9.52. The number of halogens is 2. The highest BCUT2D eigenvalue weighted by atomic mass is 35.5. The number of carboxylic acid groups (broad SMARTS) is 1. The summed E-state index contributed by atoms with van der Waals surface area (Å²) in [5, 5.41) is 11.0. The Bertz CT molecular complexity index is 1430. The molecular weight excluding hydrogens is 559 g/mol.